The van der Waals surface area contributed by atoms with Crippen molar-refractivity contribution >= 4 is 27.5 Å². The Kier molecular flexibility index (Phi) is 6.81. The lowest BCUT2D eigenvalue weighted by Crippen LogP contribution is -2.30. The lowest BCUT2D eigenvalue weighted by Gasteiger charge is -2.22. The Labute approximate surface area is 175 Å². The standard InChI is InChI=1S/C20H24N4O3S2/c1-16-9-11-17(12-10-16)24(29(3,25)26)15-19-21-22-20(23(19)2)28-14-13-27-18-7-5-4-6-8-18/h4-12H,13-15H2,1-3H3. The van der Waals surface area contributed by atoms with E-state index in [9.17, 15) is 8.42 Å². The number of anilines is 1. The molecule has 0 aliphatic rings. The van der Waals surface area contributed by atoms with E-state index in [2.05, 4.69) is 10.2 Å². The predicted octanol–water partition coefficient (Wildman–Crippen LogP) is 3.26. The molecule has 0 aliphatic heterocycles. The minimum atomic E-state index is -3.46. The van der Waals surface area contributed by atoms with E-state index in [1.165, 1.54) is 22.3 Å². The van der Waals surface area contributed by atoms with Crippen LogP contribution in [-0.2, 0) is 23.6 Å². The number of hydrogen-bond acceptors (Lipinski definition) is 6. The van der Waals surface area contributed by atoms with Gasteiger partial charge in [-0.15, -0.1) is 10.2 Å². The Balaban J connectivity index is 1.65. The highest BCUT2D eigenvalue weighted by Crippen LogP contribution is 2.22. The third-order valence-electron chi connectivity index (χ3n) is 4.26. The van der Waals surface area contributed by atoms with Crippen LogP contribution < -0.4 is 9.04 Å². The number of benzene rings is 2. The van der Waals surface area contributed by atoms with Gasteiger partial charge in [-0.3, -0.25) is 4.31 Å². The number of sulfonamides is 1. The highest BCUT2D eigenvalue weighted by molar-refractivity contribution is 7.99. The van der Waals surface area contributed by atoms with Crippen LogP contribution in [0.3, 0.4) is 0 Å². The molecular weight excluding hydrogens is 408 g/mol. The van der Waals surface area contributed by atoms with Gasteiger partial charge in [0.05, 0.1) is 25.1 Å². The summed E-state index contributed by atoms with van der Waals surface area (Å²) in [4.78, 5) is 0. The third kappa shape index (κ3) is 5.74. The second-order valence-corrected chi connectivity index (χ2v) is 9.54. The smallest absolute Gasteiger partial charge is 0.232 e. The van der Waals surface area contributed by atoms with E-state index in [-0.39, 0.29) is 6.54 Å². The average molecular weight is 433 g/mol. The first-order chi connectivity index (χ1) is 13.8. The van der Waals surface area contributed by atoms with Crippen LogP contribution in [0.4, 0.5) is 5.69 Å². The molecule has 29 heavy (non-hydrogen) atoms. The van der Waals surface area contributed by atoms with Crippen molar-refractivity contribution < 1.29 is 13.2 Å². The van der Waals surface area contributed by atoms with Crippen LogP contribution in [0.5, 0.6) is 5.75 Å². The third-order valence-corrected chi connectivity index (χ3v) is 6.38. The molecular formula is C20H24N4O3S2. The molecule has 0 N–H and O–H groups in total. The summed E-state index contributed by atoms with van der Waals surface area (Å²) in [7, 11) is -1.62. The number of thioether (sulfide) groups is 1. The first kappa shape index (κ1) is 21.2. The van der Waals surface area contributed by atoms with E-state index < -0.39 is 10.0 Å². The van der Waals surface area contributed by atoms with Crippen molar-refractivity contribution in [1.82, 2.24) is 14.8 Å². The molecule has 9 heteroatoms. The van der Waals surface area contributed by atoms with Crippen LogP contribution in [0.15, 0.2) is 59.8 Å². The Bertz CT molecular complexity index is 1040. The van der Waals surface area contributed by atoms with Gasteiger partial charge in [-0.1, -0.05) is 47.7 Å². The van der Waals surface area contributed by atoms with E-state index in [4.69, 9.17) is 4.74 Å². The van der Waals surface area contributed by atoms with Crippen molar-refractivity contribution in [2.45, 2.75) is 18.6 Å². The van der Waals surface area contributed by atoms with Crippen LogP contribution in [0, 0.1) is 6.92 Å². The first-order valence-electron chi connectivity index (χ1n) is 9.08. The average Bonchev–Trinajstić information content (AvgIpc) is 3.04. The summed E-state index contributed by atoms with van der Waals surface area (Å²) < 4.78 is 33.5. The normalized spacial score (nSPS) is 11.4. The van der Waals surface area contributed by atoms with Gasteiger partial charge in [-0.25, -0.2) is 8.42 Å². The number of para-hydroxylation sites is 1. The summed E-state index contributed by atoms with van der Waals surface area (Å²) in [5.74, 6) is 2.10. The first-order valence-corrected chi connectivity index (χ1v) is 11.9. The second kappa shape index (κ2) is 9.32. The topological polar surface area (TPSA) is 77.3 Å². The van der Waals surface area contributed by atoms with E-state index in [0.29, 0.717) is 29.0 Å². The minimum absolute atomic E-state index is 0.118. The molecule has 7 nitrogen and oxygen atoms in total. The van der Waals surface area contributed by atoms with Crippen molar-refractivity contribution in [2.24, 2.45) is 7.05 Å². The van der Waals surface area contributed by atoms with Crippen molar-refractivity contribution in [3.8, 4) is 5.75 Å². The molecule has 1 heterocycles. The molecule has 0 saturated carbocycles. The molecule has 3 rings (SSSR count). The molecule has 1 aromatic heterocycles. The molecule has 0 bridgehead atoms. The number of ether oxygens (including phenoxy) is 1. The largest absolute Gasteiger partial charge is 0.493 e. The van der Waals surface area contributed by atoms with Gasteiger partial charge in [0, 0.05) is 12.8 Å². The molecule has 154 valence electrons. The summed E-state index contributed by atoms with van der Waals surface area (Å²) in [5.41, 5.74) is 1.67. The second-order valence-electron chi connectivity index (χ2n) is 6.57. The van der Waals surface area contributed by atoms with Crippen LogP contribution >= 0.6 is 11.8 Å². The highest BCUT2D eigenvalue weighted by atomic mass is 32.2. The molecule has 0 fully saturated rings. The predicted molar refractivity (Wildman–Crippen MR) is 116 cm³/mol. The van der Waals surface area contributed by atoms with Gasteiger partial charge in [0.25, 0.3) is 0 Å². The van der Waals surface area contributed by atoms with Crippen LogP contribution in [0.2, 0.25) is 0 Å². The molecule has 0 unspecified atom stereocenters. The minimum Gasteiger partial charge on any atom is -0.493 e. The van der Waals surface area contributed by atoms with Crippen molar-refractivity contribution in [3.05, 3.63) is 66.0 Å². The van der Waals surface area contributed by atoms with E-state index in [1.807, 2.05) is 61.0 Å². The number of rotatable bonds is 9. The molecule has 0 atom stereocenters. The SMILES string of the molecule is Cc1ccc(N(Cc2nnc(SCCOc3ccccc3)n2C)S(C)(=O)=O)cc1. The number of aryl methyl sites for hydroxylation is 1. The Morgan fingerprint density at radius 3 is 2.41 bits per heavy atom. The van der Waals surface area contributed by atoms with E-state index in [0.717, 1.165) is 11.3 Å². The molecule has 0 aliphatic carbocycles. The van der Waals surface area contributed by atoms with Crippen LogP contribution in [0.1, 0.15) is 11.4 Å². The van der Waals surface area contributed by atoms with Crippen molar-refractivity contribution in [2.75, 3.05) is 22.9 Å². The molecule has 0 saturated heterocycles. The summed E-state index contributed by atoms with van der Waals surface area (Å²) in [6, 6.07) is 17.0. The maximum absolute atomic E-state index is 12.3. The summed E-state index contributed by atoms with van der Waals surface area (Å²) in [6.07, 6.45) is 1.19. The fraction of sp³-hybridized carbons (Fsp3) is 0.300. The zero-order valence-corrected chi connectivity index (χ0v) is 18.3. The van der Waals surface area contributed by atoms with E-state index >= 15 is 0 Å². The van der Waals surface area contributed by atoms with Crippen molar-refractivity contribution in [1.29, 1.82) is 0 Å². The van der Waals surface area contributed by atoms with Gasteiger partial charge in [0.2, 0.25) is 10.0 Å². The Morgan fingerprint density at radius 1 is 1.07 bits per heavy atom. The van der Waals surface area contributed by atoms with Gasteiger partial charge in [0.15, 0.2) is 11.0 Å². The lowest BCUT2D eigenvalue weighted by atomic mass is 10.2. The number of hydrogen-bond donors (Lipinski definition) is 0. The Morgan fingerprint density at radius 2 is 1.76 bits per heavy atom. The lowest BCUT2D eigenvalue weighted by molar-refractivity contribution is 0.344. The molecule has 0 spiro atoms. The summed E-state index contributed by atoms with van der Waals surface area (Å²) in [5, 5.41) is 9.11. The molecule has 0 amide bonds. The van der Waals surface area contributed by atoms with Gasteiger partial charge in [-0.05, 0) is 31.2 Å². The van der Waals surface area contributed by atoms with Crippen molar-refractivity contribution in [3.63, 3.8) is 0 Å². The highest BCUT2D eigenvalue weighted by Gasteiger charge is 2.21. The number of nitrogens with zero attached hydrogens (tertiary/aromatic N) is 4. The monoisotopic (exact) mass is 432 g/mol. The molecule has 2 aromatic carbocycles. The fourth-order valence-electron chi connectivity index (χ4n) is 2.66. The molecule has 3 aromatic rings. The summed E-state index contributed by atoms with van der Waals surface area (Å²) in [6.45, 7) is 2.62. The molecule has 0 radical (unpaired) electrons. The number of aromatic nitrogens is 3. The van der Waals surface area contributed by atoms with Gasteiger partial charge in [-0.2, -0.15) is 0 Å². The van der Waals surface area contributed by atoms with E-state index in [1.54, 1.807) is 12.1 Å². The zero-order valence-electron chi connectivity index (χ0n) is 16.6. The van der Waals surface area contributed by atoms with Gasteiger partial charge in [0.1, 0.15) is 5.75 Å². The fourth-order valence-corrected chi connectivity index (χ4v) is 4.26. The quantitative estimate of drug-likeness (QED) is 0.382. The zero-order chi connectivity index (χ0) is 20.9. The Hall–Kier alpha value is -2.52. The van der Waals surface area contributed by atoms with Crippen LogP contribution in [-0.4, -0.2) is 41.8 Å². The van der Waals surface area contributed by atoms with Gasteiger partial charge >= 0.3 is 0 Å². The maximum atomic E-state index is 12.3. The summed E-state index contributed by atoms with van der Waals surface area (Å²) >= 11 is 1.52. The maximum Gasteiger partial charge on any atom is 0.232 e. The van der Waals surface area contributed by atoms with Gasteiger partial charge < -0.3 is 9.30 Å². The van der Waals surface area contributed by atoms with Crippen LogP contribution in [0.25, 0.3) is 0 Å².